The molecule has 0 spiro atoms. The molecule has 1 saturated carbocycles. The summed E-state index contributed by atoms with van der Waals surface area (Å²) in [7, 11) is 0. The summed E-state index contributed by atoms with van der Waals surface area (Å²) in [5, 5.41) is 7.78. The highest BCUT2D eigenvalue weighted by Gasteiger charge is 2.21. The first-order chi connectivity index (χ1) is 6.86. The zero-order valence-electron chi connectivity index (χ0n) is 8.82. The Morgan fingerprint density at radius 3 is 3.07 bits per heavy atom. The average Bonchev–Trinajstić information content (AvgIpc) is 2.78. The highest BCUT2D eigenvalue weighted by Crippen LogP contribution is 2.24. The molecule has 0 radical (unpaired) electrons. The Labute approximate surface area is 85.5 Å². The van der Waals surface area contributed by atoms with Crippen molar-refractivity contribution in [3.8, 4) is 0 Å². The first kappa shape index (κ1) is 9.71. The normalized spacial score (nSPS) is 26.9. The molecule has 1 aliphatic rings. The molecule has 0 bridgehead atoms. The van der Waals surface area contributed by atoms with Crippen molar-refractivity contribution in [2.45, 2.75) is 38.8 Å². The van der Waals surface area contributed by atoms with Crippen LogP contribution in [0.2, 0.25) is 0 Å². The Bertz CT molecular complexity index is 256. The Balaban J connectivity index is 1.68. The lowest BCUT2D eigenvalue weighted by molar-refractivity contribution is 0.410. The third-order valence-electron chi connectivity index (χ3n) is 3.17. The predicted molar refractivity (Wildman–Crippen MR) is 57.0 cm³/mol. The minimum absolute atomic E-state index is 0.741. The fourth-order valence-electron chi connectivity index (χ4n) is 2.25. The zero-order chi connectivity index (χ0) is 9.80. The molecule has 2 atom stereocenters. The van der Waals surface area contributed by atoms with E-state index in [2.05, 4.69) is 17.3 Å². The summed E-state index contributed by atoms with van der Waals surface area (Å²) in [4.78, 5) is 0. The van der Waals surface area contributed by atoms with Crippen LogP contribution < -0.4 is 5.32 Å². The summed E-state index contributed by atoms with van der Waals surface area (Å²) in [6.45, 7) is 4.37. The van der Waals surface area contributed by atoms with Gasteiger partial charge in [-0.1, -0.05) is 13.3 Å². The molecule has 1 aromatic rings. The van der Waals surface area contributed by atoms with Gasteiger partial charge in [0.05, 0.1) is 6.54 Å². The summed E-state index contributed by atoms with van der Waals surface area (Å²) in [5.41, 5.74) is 0. The summed E-state index contributed by atoms with van der Waals surface area (Å²) < 4.78 is 1.98. The largest absolute Gasteiger partial charge is 0.312 e. The van der Waals surface area contributed by atoms with Gasteiger partial charge in [0.15, 0.2) is 0 Å². The van der Waals surface area contributed by atoms with Crippen LogP contribution in [0.15, 0.2) is 18.5 Å². The fourth-order valence-corrected chi connectivity index (χ4v) is 2.25. The van der Waals surface area contributed by atoms with Gasteiger partial charge in [-0.3, -0.25) is 4.68 Å². The van der Waals surface area contributed by atoms with Crippen LogP contribution in [-0.2, 0) is 6.54 Å². The van der Waals surface area contributed by atoms with Crippen LogP contribution in [0.1, 0.15) is 26.2 Å². The van der Waals surface area contributed by atoms with Crippen LogP contribution in [-0.4, -0.2) is 22.4 Å². The Morgan fingerprint density at radius 2 is 2.43 bits per heavy atom. The van der Waals surface area contributed by atoms with Gasteiger partial charge in [-0.05, 0) is 24.8 Å². The second-order valence-corrected chi connectivity index (χ2v) is 4.24. The zero-order valence-corrected chi connectivity index (χ0v) is 8.82. The van der Waals surface area contributed by atoms with Gasteiger partial charge in [0.1, 0.15) is 0 Å². The maximum absolute atomic E-state index is 4.18. The molecule has 0 aliphatic heterocycles. The number of nitrogens with one attached hydrogen (secondary N) is 1. The van der Waals surface area contributed by atoms with E-state index in [1.807, 2.05) is 23.1 Å². The van der Waals surface area contributed by atoms with Gasteiger partial charge in [-0.2, -0.15) is 5.10 Å². The van der Waals surface area contributed by atoms with Gasteiger partial charge in [0, 0.05) is 25.0 Å². The van der Waals surface area contributed by atoms with Crippen LogP contribution in [0.5, 0.6) is 0 Å². The molecule has 1 heterocycles. The van der Waals surface area contributed by atoms with Crippen molar-refractivity contribution in [2.24, 2.45) is 5.92 Å². The van der Waals surface area contributed by atoms with Crippen LogP contribution in [0, 0.1) is 5.92 Å². The van der Waals surface area contributed by atoms with Crippen LogP contribution in [0.3, 0.4) is 0 Å². The first-order valence-corrected chi connectivity index (χ1v) is 5.57. The topological polar surface area (TPSA) is 29.9 Å². The molecular formula is C11H19N3. The van der Waals surface area contributed by atoms with Gasteiger partial charge in [-0.25, -0.2) is 0 Å². The maximum Gasteiger partial charge on any atom is 0.0534 e. The van der Waals surface area contributed by atoms with Gasteiger partial charge < -0.3 is 5.32 Å². The summed E-state index contributed by atoms with van der Waals surface area (Å²) >= 11 is 0. The van der Waals surface area contributed by atoms with Crippen LogP contribution in [0.25, 0.3) is 0 Å². The fraction of sp³-hybridized carbons (Fsp3) is 0.727. The van der Waals surface area contributed by atoms with Crippen molar-refractivity contribution in [3.63, 3.8) is 0 Å². The smallest absolute Gasteiger partial charge is 0.0534 e. The van der Waals surface area contributed by atoms with Crippen molar-refractivity contribution >= 4 is 0 Å². The lowest BCUT2D eigenvalue weighted by Crippen LogP contribution is -2.33. The molecular weight excluding hydrogens is 174 g/mol. The first-order valence-electron chi connectivity index (χ1n) is 5.57. The summed E-state index contributed by atoms with van der Waals surface area (Å²) in [6, 6.07) is 2.71. The molecule has 0 amide bonds. The molecule has 2 unspecified atom stereocenters. The molecule has 0 aromatic carbocycles. The summed E-state index contributed by atoms with van der Waals surface area (Å²) in [5.74, 6) is 0.854. The standard InChI is InChI=1S/C11H19N3/c1-10-4-2-5-11(10)12-7-9-14-8-3-6-13-14/h3,6,8,10-12H,2,4-5,7,9H2,1H3. The number of nitrogens with zero attached hydrogens (tertiary/aromatic N) is 2. The SMILES string of the molecule is CC1CCCC1NCCn1cccn1. The molecule has 3 heteroatoms. The minimum Gasteiger partial charge on any atom is -0.312 e. The third-order valence-corrected chi connectivity index (χ3v) is 3.17. The lowest BCUT2D eigenvalue weighted by atomic mass is 10.1. The van der Waals surface area contributed by atoms with E-state index in [4.69, 9.17) is 0 Å². The predicted octanol–water partition coefficient (Wildman–Crippen LogP) is 1.66. The summed E-state index contributed by atoms with van der Waals surface area (Å²) in [6.07, 6.45) is 7.97. The Kier molecular flexibility index (Phi) is 3.19. The molecule has 2 rings (SSSR count). The highest BCUT2D eigenvalue weighted by atomic mass is 15.3. The lowest BCUT2D eigenvalue weighted by Gasteiger charge is -2.16. The van der Waals surface area contributed by atoms with E-state index < -0.39 is 0 Å². The maximum atomic E-state index is 4.18. The third kappa shape index (κ3) is 2.35. The van der Waals surface area contributed by atoms with E-state index in [1.165, 1.54) is 19.3 Å². The number of hydrogen-bond donors (Lipinski definition) is 1. The second kappa shape index (κ2) is 4.60. The quantitative estimate of drug-likeness (QED) is 0.788. The van der Waals surface area contributed by atoms with Gasteiger partial charge in [-0.15, -0.1) is 0 Å². The Hall–Kier alpha value is -0.830. The molecule has 14 heavy (non-hydrogen) atoms. The van der Waals surface area contributed by atoms with Crippen molar-refractivity contribution in [1.82, 2.24) is 15.1 Å². The van der Waals surface area contributed by atoms with Crippen LogP contribution >= 0.6 is 0 Å². The monoisotopic (exact) mass is 193 g/mol. The van der Waals surface area contributed by atoms with E-state index in [9.17, 15) is 0 Å². The van der Waals surface area contributed by atoms with Gasteiger partial charge >= 0.3 is 0 Å². The van der Waals surface area contributed by atoms with Gasteiger partial charge in [0.25, 0.3) is 0 Å². The highest BCUT2D eigenvalue weighted by molar-refractivity contribution is 4.81. The molecule has 1 N–H and O–H groups in total. The van der Waals surface area contributed by atoms with Crippen molar-refractivity contribution in [3.05, 3.63) is 18.5 Å². The molecule has 3 nitrogen and oxygen atoms in total. The molecule has 0 saturated heterocycles. The molecule has 78 valence electrons. The van der Waals surface area contributed by atoms with E-state index in [-0.39, 0.29) is 0 Å². The van der Waals surface area contributed by atoms with E-state index in [0.29, 0.717) is 0 Å². The van der Waals surface area contributed by atoms with Crippen molar-refractivity contribution < 1.29 is 0 Å². The number of aromatic nitrogens is 2. The number of hydrogen-bond acceptors (Lipinski definition) is 2. The van der Waals surface area contributed by atoms with E-state index >= 15 is 0 Å². The average molecular weight is 193 g/mol. The van der Waals surface area contributed by atoms with Crippen molar-refractivity contribution in [1.29, 1.82) is 0 Å². The molecule has 1 fully saturated rings. The van der Waals surface area contributed by atoms with E-state index in [0.717, 1.165) is 25.0 Å². The Morgan fingerprint density at radius 1 is 1.50 bits per heavy atom. The van der Waals surface area contributed by atoms with Crippen molar-refractivity contribution in [2.75, 3.05) is 6.54 Å². The molecule has 1 aliphatic carbocycles. The molecule has 1 aromatic heterocycles. The van der Waals surface area contributed by atoms with Crippen LogP contribution in [0.4, 0.5) is 0 Å². The van der Waals surface area contributed by atoms with E-state index in [1.54, 1.807) is 0 Å². The van der Waals surface area contributed by atoms with Gasteiger partial charge in [0.2, 0.25) is 0 Å². The number of rotatable bonds is 4. The minimum atomic E-state index is 0.741. The second-order valence-electron chi connectivity index (χ2n) is 4.24.